The lowest BCUT2D eigenvalue weighted by molar-refractivity contribution is 0.142. The second kappa shape index (κ2) is 8.35. The molecular formula is C15H18O3. The fraction of sp³-hybridized carbons (Fsp3) is 0.333. The Bertz CT molecular complexity index is 423. The maximum absolute atomic E-state index is 8.50. The first-order chi connectivity index (χ1) is 8.76. The molecule has 0 heterocycles. The number of aliphatic hydroxyl groups is 1. The molecule has 0 spiro atoms. The molecule has 0 bridgehead atoms. The highest BCUT2D eigenvalue weighted by Crippen LogP contribution is 2.12. The molecule has 3 heteroatoms. The number of methoxy groups -OCH3 is 1. The third-order valence-corrected chi connectivity index (χ3v) is 2.28. The minimum Gasteiger partial charge on any atom is -0.497 e. The van der Waals surface area contributed by atoms with E-state index in [0.717, 1.165) is 16.9 Å². The van der Waals surface area contributed by atoms with E-state index in [-0.39, 0.29) is 6.61 Å². The van der Waals surface area contributed by atoms with E-state index >= 15 is 0 Å². The minimum atomic E-state index is -0.111. The van der Waals surface area contributed by atoms with E-state index in [1.807, 2.05) is 24.3 Å². The van der Waals surface area contributed by atoms with E-state index in [0.29, 0.717) is 19.6 Å². The zero-order valence-electron chi connectivity index (χ0n) is 10.6. The number of aliphatic hydroxyl groups excluding tert-OH is 1. The summed E-state index contributed by atoms with van der Waals surface area (Å²) in [6.07, 6.45) is 0.559. The first kappa shape index (κ1) is 14.3. The van der Waals surface area contributed by atoms with Gasteiger partial charge in [-0.3, -0.25) is 0 Å². The summed E-state index contributed by atoms with van der Waals surface area (Å²) in [5.41, 5.74) is 1.99. The van der Waals surface area contributed by atoms with Crippen LogP contribution < -0.4 is 4.74 Å². The van der Waals surface area contributed by atoms with Crippen molar-refractivity contribution in [3.8, 4) is 17.6 Å². The number of ether oxygens (including phenoxy) is 2. The van der Waals surface area contributed by atoms with Crippen LogP contribution in [0.1, 0.15) is 12.0 Å². The maximum atomic E-state index is 8.50. The predicted molar refractivity (Wildman–Crippen MR) is 71.3 cm³/mol. The van der Waals surface area contributed by atoms with Gasteiger partial charge >= 0.3 is 0 Å². The molecule has 18 heavy (non-hydrogen) atoms. The van der Waals surface area contributed by atoms with Crippen LogP contribution in [0.25, 0.3) is 0 Å². The summed E-state index contributed by atoms with van der Waals surface area (Å²) in [5.74, 6) is 6.21. The molecule has 1 aromatic rings. The van der Waals surface area contributed by atoms with Crippen molar-refractivity contribution >= 4 is 0 Å². The van der Waals surface area contributed by atoms with Crippen LogP contribution in [0, 0.1) is 11.8 Å². The van der Waals surface area contributed by atoms with E-state index in [1.165, 1.54) is 0 Å². The molecule has 3 nitrogen and oxygen atoms in total. The van der Waals surface area contributed by atoms with Gasteiger partial charge in [0, 0.05) is 6.42 Å². The fourth-order valence-corrected chi connectivity index (χ4v) is 1.33. The van der Waals surface area contributed by atoms with E-state index in [1.54, 1.807) is 7.11 Å². The molecule has 0 radical (unpaired) electrons. The Morgan fingerprint density at radius 3 is 2.61 bits per heavy atom. The van der Waals surface area contributed by atoms with Crippen LogP contribution in [-0.4, -0.2) is 25.4 Å². The third-order valence-electron chi connectivity index (χ3n) is 2.28. The first-order valence-corrected chi connectivity index (χ1v) is 5.70. The Kier molecular flexibility index (Phi) is 6.63. The van der Waals surface area contributed by atoms with Crippen LogP contribution in [0.3, 0.4) is 0 Å². The van der Waals surface area contributed by atoms with Gasteiger partial charge in [-0.1, -0.05) is 30.6 Å². The molecule has 0 fully saturated rings. The van der Waals surface area contributed by atoms with Crippen LogP contribution in [0.2, 0.25) is 0 Å². The SMILES string of the molecule is C=C(CC#CCO)COCc1ccc(OC)cc1. The average molecular weight is 246 g/mol. The van der Waals surface area contributed by atoms with Crippen molar-refractivity contribution in [2.45, 2.75) is 13.0 Å². The standard InChI is InChI=1S/C15H18O3/c1-13(5-3-4-10-16)11-18-12-14-6-8-15(17-2)9-7-14/h6-9,16H,1,5,10-12H2,2H3. The van der Waals surface area contributed by atoms with Crippen molar-refractivity contribution in [1.82, 2.24) is 0 Å². The zero-order valence-corrected chi connectivity index (χ0v) is 10.6. The monoisotopic (exact) mass is 246 g/mol. The molecule has 0 aliphatic heterocycles. The van der Waals surface area contributed by atoms with Crippen LogP contribution in [0.5, 0.6) is 5.75 Å². The molecule has 96 valence electrons. The van der Waals surface area contributed by atoms with Crippen molar-refractivity contribution in [3.05, 3.63) is 42.0 Å². The lowest BCUT2D eigenvalue weighted by Crippen LogP contribution is -1.98. The van der Waals surface area contributed by atoms with Crippen LogP contribution in [-0.2, 0) is 11.3 Å². The summed E-state index contributed by atoms with van der Waals surface area (Å²) >= 11 is 0. The smallest absolute Gasteiger partial charge is 0.118 e. The normalized spacial score (nSPS) is 9.44. The quantitative estimate of drug-likeness (QED) is 0.617. The van der Waals surface area contributed by atoms with Gasteiger partial charge in [-0.25, -0.2) is 0 Å². The van der Waals surface area contributed by atoms with Crippen molar-refractivity contribution < 1.29 is 14.6 Å². The lowest BCUT2D eigenvalue weighted by Gasteiger charge is -2.06. The first-order valence-electron chi connectivity index (χ1n) is 5.70. The van der Waals surface area contributed by atoms with Gasteiger partial charge in [0.05, 0.1) is 20.3 Å². The third kappa shape index (κ3) is 5.53. The molecule has 0 atom stereocenters. The lowest BCUT2D eigenvalue weighted by atomic mass is 10.2. The second-order valence-corrected chi connectivity index (χ2v) is 3.78. The summed E-state index contributed by atoms with van der Waals surface area (Å²) in [5, 5.41) is 8.50. The van der Waals surface area contributed by atoms with Crippen molar-refractivity contribution in [1.29, 1.82) is 0 Å². The largest absolute Gasteiger partial charge is 0.497 e. The summed E-state index contributed by atoms with van der Waals surface area (Å²) in [7, 11) is 1.64. The van der Waals surface area contributed by atoms with E-state index in [4.69, 9.17) is 14.6 Å². The Hall–Kier alpha value is -1.76. The predicted octanol–water partition coefficient (Wildman–Crippen LogP) is 2.15. The molecule has 1 N–H and O–H groups in total. The average Bonchev–Trinajstić information content (AvgIpc) is 2.40. The molecule has 0 saturated carbocycles. The van der Waals surface area contributed by atoms with E-state index in [2.05, 4.69) is 18.4 Å². The zero-order chi connectivity index (χ0) is 13.2. The molecule has 0 amide bonds. The van der Waals surface area contributed by atoms with Gasteiger partial charge in [-0.15, -0.1) is 0 Å². The summed E-state index contributed by atoms with van der Waals surface area (Å²) in [4.78, 5) is 0. The van der Waals surface area contributed by atoms with Gasteiger partial charge in [-0.2, -0.15) is 0 Å². The van der Waals surface area contributed by atoms with Gasteiger partial charge in [0.15, 0.2) is 0 Å². The minimum absolute atomic E-state index is 0.111. The van der Waals surface area contributed by atoms with Crippen molar-refractivity contribution in [2.24, 2.45) is 0 Å². The summed E-state index contributed by atoms with van der Waals surface area (Å²) in [6, 6.07) is 7.74. The molecule has 0 unspecified atom stereocenters. The molecule has 0 aliphatic carbocycles. The van der Waals surface area contributed by atoms with Crippen molar-refractivity contribution in [3.63, 3.8) is 0 Å². The van der Waals surface area contributed by atoms with Crippen LogP contribution in [0.4, 0.5) is 0 Å². The Balaban J connectivity index is 2.26. The highest BCUT2D eigenvalue weighted by Gasteiger charge is 1.96. The van der Waals surface area contributed by atoms with E-state index < -0.39 is 0 Å². The summed E-state index contributed by atoms with van der Waals surface area (Å²) in [6.45, 7) is 4.76. The number of benzene rings is 1. The van der Waals surface area contributed by atoms with Gasteiger partial charge in [0.1, 0.15) is 12.4 Å². The van der Waals surface area contributed by atoms with Crippen LogP contribution in [0.15, 0.2) is 36.4 Å². The number of rotatable bonds is 6. The van der Waals surface area contributed by atoms with Crippen LogP contribution >= 0.6 is 0 Å². The fourth-order valence-electron chi connectivity index (χ4n) is 1.33. The highest BCUT2D eigenvalue weighted by molar-refractivity contribution is 5.26. The number of hydrogen-bond acceptors (Lipinski definition) is 3. The molecule has 0 aromatic heterocycles. The summed E-state index contributed by atoms with van der Waals surface area (Å²) < 4.78 is 10.6. The van der Waals surface area contributed by atoms with Gasteiger partial charge in [0.25, 0.3) is 0 Å². The topological polar surface area (TPSA) is 38.7 Å². The van der Waals surface area contributed by atoms with Gasteiger partial charge in [-0.05, 0) is 23.3 Å². The van der Waals surface area contributed by atoms with E-state index in [9.17, 15) is 0 Å². The molecule has 0 aliphatic rings. The molecular weight excluding hydrogens is 228 g/mol. The highest BCUT2D eigenvalue weighted by atomic mass is 16.5. The Morgan fingerprint density at radius 1 is 1.28 bits per heavy atom. The Morgan fingerprint density at radius 2 is 2.00 bits per heavy atom. The second-order valence-electron chi connectivity index (χ2n) is 3.78. The maximum Gasteiger partial charge on any atom is 0.118 e. The number of hydrogen-bond donors (Lipinski definition) is 1. The molecule has 1 aromatic carbocycles. The Labute approximate surface area is 108 Å². The molecule has 1 rings (SSSR count). The van der Waals surface area contributed by atoms with Gasteiger partial charge in [0.2, 0.25) is 0 Å². The molecule has 0 saturated heterocycles. The van der Waals surface area contributed by atoms with Crippen molar-refractivity contribution in [2.75, 3.05) is 20.3 Å². The van der Waals surface area contributed by atoms with Gasteiger partial charge < -0.3 is 14.6 Å².